The maximum atomic E-state index is 6.33. The van der Waals surface area contributed by atoms with Crippen molar-refractivity contribution in [2.45, 2.75) is 6.92 Å². The number of aromatic nitrogens is 1. The van der Waals surface area contributed by atoms with Crippen LogP contribution < -0.4 is 4.80 Å². The van der Waals surface area contributed by atoms with Crippen LogP contribution >= 0.6 is 34.5 Å². The molecule has 3 rings (SSSR count). The van der Waals surface area contributed by atoms with E-state index in [9.17, 15) is 0 Å². The summed E-state index contributed by atoms with van der Waals surface area (Å²) in [7, 11) is 1.73. The topological polar surface area (TPSA) is 42.8 Å². The molecule has 0 aliphatic heterocycles. The van der Waals surface area contributed by atoms with Crippen LogP contribution in [0.4, 0.5) is 0 Å². The van der Waals surface area contributed by atoms with Crippen LogP contribution in [0.3, 0.4) is 0 Å². The summed E-state index contributed by atoms with van der Waals surface area (Å²) in [6, 6.07) is 9.08. The van der Waals surface area contributed by atoms with E-state index in [2.05, 4.69) is 10.1 Å². The van der Waals surface area contributed by atoms with E-state index in [1.165, 1.54) is 11.3 Å². The number of furan rings is 1. The SMILES string of the molecule is CN=c1scc(-c2ccc(Cl)cc2Cl)n1N=C(C)c1ccco1. The molecule has 118 valence electrons. The fourth-order valence-corrected chi connectivity index (χ4v) is 3.41. The molecule has 0 bridgehead atoms. The van der Waals surface area contributed by atoms with Crippen LogP contribution in [0.1, 0.15) is 12.7 Å². The maximum absolute atomic E-state index is 6.33. The van der Waals surface area contributed by atoms with Crippen LogP contribution in [0.15, 0.2) is 56.5 Å². The summed E-state index contributed by atoms with van der Waals surface area (Å²) in [4.78, 5) is 5.03. The number of nitrogens with zero attached hydrogens (tertiary/aromatic N) is 3. The molecule has 0 aliphatic rings. The van der Waals surface area contributed by atoms with Gasteiger partial charge in [0.25, 0.3) is 0 Å². The maximum Gasteiger partial charge on any atom is 0.205 e. The first-order valence-corrected chi connectivity index (χ1v) is 8.42. The largest absolute Gasteiger partial charge is 0.463 e. The molecule has 0 radical (unpaired) electrons. The first-order valence-electron chi connectivity index (χ1n) is 6.78. The molecular weight excluding hydrogens is 353 g/mol. The molecule has 23 heavy (non-hydrogen) atoms. The highest BCUT2D eigenvalue weighted by molar-refractivity contribution is 7.07. The third kappa shape index (κ3) is 3.27. The average Bonchev–Trinajstić information content (AvgIpc) is 3.17. The minimum absolute atomic E-state index is 0.567. The van der Waals surface area contributed by atoms with Gasteiger partial charge in [-0.05, 0) is 37.3 Å². The van der Waals surface area contributed by atoms with Crippen LogP contribution in [0.25, 0.3) is 11.3 Å². The molecule has 0 saturated carbocycles. The highest BCUT2D eigenvalue weighted by Gasteiger charge is 2.12. The van der Waals surface area contributed by atoms with Crippen LogP contribution in [-0.4, -0.2) is 17.4 Å². The number of rotatable bonds is 3. The van der Waals surface area contributed by atoms with Crippen molar-refractivity contribution in [1.29, 1.82) is 0 Å². The normalized spacial score (nSPS) is 12.9. The van der Waals surface area contributed by atoms with Gasteiger partial charge in [-0.25, -0.2) is 4.68 Å². The Hall–Kier alpha value is -1.82. The number of benzene rings is 1. The van der Waals surface area contributed by atoms with Gasteiger partial charge in [0.15, 0.2) is 0 Å². The highest BCUT2D eigenvalue weighted by Crippen LogP contribution is 2.30. The lowest BCUT2D eigenvalue weighted by atomic mass is 10.2. The van der Waals surface area contributed by atoms with E-state index in [0.717, 1.165) is 21.8 Å². The second kappa shape index (κ2) is 6.74. The van der Waals surface area contributed by atoms with Crippen molar-refractivity contribution in [3.8, 4) is 11.3 Å². The van der Waals surface area contributed by atoms with E-state index >= 15 is 0 Å². The number of hydrogen-bond donors (Lipinski definition) is 0. The molecule has 1 aromatic carbocycles. The Morgan fingerprint density at radius 3 is 2.74 bits per heavy atom. The zero-order valence-electron chi connectivity index (χ0n) is 12.5. The van der Waals surface area contributed by atoms with Gasteiger partial charge in [0.1, 0.15) is 11.5 Å². The Kier molecular flexibility index (Phi) is 4.71. The number of halogens is 2. The zero-order chi connectivity index (χ0) is 16.4. The summed E-state index contributed by atoms with van der Waals surface area (Å²) in [5.41, 5.74) is 2.44. The van der Waals surface area contributed by atoms with E-state index in [-0.39, 0.29) is 0 Å². The molecule has 0 amide bonds. The first kappa shape index (κ1) is 16.1. The smallest absolute Gasteiger partial charge is 0.205 e. The molecule has 0 unspecified atom stereocenters. The average molecular weight is 366 g/mol. The van der Waals surface area contributed by atoms with Gasteiger partial charge in [0.2, 0.25) is 4.80 Å². The quantitative estimate of drug-likeness (QED) is 0.607. The van der Waals surface area contributed by atoms with Gasteiger partial charge < -0.3 is 4.42 Å². The summed E-state index contributed by atoms with van der Waals surface area (Å²) in [6.07, 6.45) is 1.62. The molecule has 0 N–H and O–H groups in total. The zero-order valence-corrected chi connectivity index (χ0v) is 14.8. The molecule has 2 aromatic heterocycles. The molecule has 7 heteroatoms. The first-order chi connectivity index (χ1) is 11.1. The van der Waals surface area contributed by atoms with E-state index in [1.54, 1.807) is 30.1 Å². The van der Waals surface area contributed by atoms with Crippen molar-refractivity contribution in [1.82, 2.24) is 4.68 Å². The van der Waals surface area contributed by atoms with Gasteiger partial charge in [-0.3, -0.25) is 4.99 Å². The van der Waals surface area contributed by atoms with Gasteiger partial charge in [0.05, 0.1) is 17.0 Å². The summed E-state index contributed by atoms with van der Waals surface area (Å²) in [5, 5.41) is 7.77. The Bertz CT molecular complexity index is 923. The number of thiazole rings is 1. The summed E-state index contributed by atoms with van der Waals surface area (Å²) >= 11 is 13.8. The van der Waals surface area contributed by atoms with Crippen LogP contribution in [0.5, 0.6) is 0 Å². The van der Waals surface area contributed by atoms with Gasteiger partial charge in [-0.1, -0.05) is 23.2 Å². The Labute approximate surface area is 147 Å². The van der Waals surface area contributed by atoms with Crippen molar-refractivity contribution in [3.63, 3.8) is 0 Å². The van der Waals surface area contributed by atoms with Crippen molar-refractivity contribution >= 4 is 40.3 Å². The van der Waals surface area contributed by atoms with Crippen molar-refractivity contribution in [2.75, 3.05) is 7.05 Å². The standard InChI is InChI=1S/C16H13Cl2N3OS/c1-10(15-4-3-7-22-15)20-21-14(9-23-16(21)19-2)12-6-5-11(17)8-13(12)18/h3-9H,1-2H3. The third-order valence-corrected chi connectivity index (χ3v) is 4.67. The lowest BCUT2D eigenvalue weighted by Gasteiger charge is -2.07. The van der Waals surface area contributed by atoms with Crippen LogP contribution in [0.2, 0.25) is 10.0 Å². The second-order valence-corrected chi connectivity index (χ2v) is 6.41. The van der Waals surface area contributed by atoms with Crippen LogP contribution in [0, 0.1) is 0 Å². The molecule has 0 atom stereocenters. The Morgan fingerprint density at radius 1 is 1.26 bits per heavy atom. The minimum Gasteiger partial charge on any atom is -0.463 e. The number of hydrogen-bond acceptors (Lipinski definition) is 4. The van der Waals surface area contributed by atoms with Crippen LogP contribution in [-0.2, 0) is 0 Å². The predicted octanol–water partition coefficient (Wildman–Crippen LogP) is 4.92. The lowest BCUT2D eigenvalue weighted by Crippen LogP contribution is -2.13. The third-order valence-electron chi connectivity index (χ3n) is 3.21. The predicted molar refractivity (Wildman–Crippen MR) is 95.6 cm³/mol. The van der Waals surface area contributed by atoms with E-state index in [4.69, 9.17) is 27.6 Å². The fraction of sp³-hybridized carbons (Fsp3) is 0.125. The molecule has 0 aliphatic carbocycles. The van der Waals surface area contributed by atoms with E-state index in [0.29, 0.717) is 15.8 Å². The van der Waals surface area contributed by atoms with Gasteiger partial charge in [-0.15, -0.1) is 11.3 Å². The summed E-state index contributed by atoms with van der Waals surface area (Å²) < 4.78 is 7.15. The molecule has 2 heterocycles. The summed E-state index contributed by atoms with van der Waals surface area (Å²) in [6.45, 7) is 1.89. The molecule has 0 fully saturated rings. The van der Waals surface area contributed by atoms with Gasteiger partial charge >= 0.3 is 0 Å². The fourth-order valence-electron chi connectivity index (χ4n) is 2.11. The Balaban J connectivity index is 2.17. The molecule has 3 aromatic rings. The molecule has 0 saturated heterocycles. The summed E-state index contributed by atoms with van der Waals surface area (Å²) in [5.74, 6) is 0.707. The molecule has 0 spiro atoms. The molecule has 4 nitrogen and oxygen atoms in total. The molecular formula is C16H13Cl2N3OS. The second-order valence-electron chi connectivity index (χ2n) is 4.73. The minimum atomic E-state index is 0.567. The van der Waals surface area contributed by atoms with E-state index < -0.39 is 0 Å². The van der Waals surface area contributed by atoms with Gasteiger partial charge in [0, 0.05) is 23.0 Å². The monoisotopic (exact) mass is 365 g/mol. The Morgan fingerprint density at radius 2 is 2.09 bits per heavy atom. The van der Waals surface area contributed by atoms with Crippen molar-refractivity contribution in [2.24, 2.45) is 10.1 Å². The van der Waals surface area contributed by atoms with E-state index in [1.807, 2.05) is 30.5 Å². The van der Waals surface area contributed by atoms with Gasteiger partial charge in [-0.2, -0.15) is 5.10 Å². The van der Waals surface area contributed by atoms with Crippen molar-refractivity contribution in [3.05, 3.63) is 62.6 Å². The highest BCUT2D eigenvalue weighted by atomic mass is 35.5. The lowest BCUT2D eigenvalue weighted by molar-refractivity contribution is 0.556. The van der Waals surface area contributed by atoms with Crippen molar-refractivity contribution < 1.29 is 4.42 Å².